The molecule has 0 bridgehead atoms. The van der Waals surface area contributed by atoms with Crippen LogP contribution in [0.4, 0.5) is 0 Å². The van der Waals surface area contributed by atoms with Crippen LogP contribution in [-0.4, -0.2) is 24.2 Å². The van der Waals surface area contributed by atoms with Gasteiger partial charge < -0.3 is 14.1 Å². The third-order valence-corrected chi connectivity index (χ3v) is 15.1. The van der Waals surface area contributed by atoms with Crippen LogP contribution in [0.3, 0.4) is 0 Å². The molecule has 11 rings (SSSR count). The van der Waals surface area contributed by atoms with Crippen LogP contribution >= 0.6 is 0 Å². The second-order valence-electron chi connectivity index (χ2n) is 25.1. The van der Waals surface area contributed by atoms with Crippen LogP contribution in [0.25, 0.3) is 106 Å². The number of phenols is 1. The number of para-hydroxylation sites is 1. The molecule has 6 nitrogen and oxygen atoms in total. The van der Waals surface area contributed by atoms with Crippen molar-refractivity contribution >= 4 is 44.0 Å². The summed E-state index contributed by atoms with van der Waals surface area (Å²) in [5, 5.41) is 14.8. The highest BCUT2D eigenvalue weighted by atomic mass is 16.3. The van der Waals surface area contributed by atoms with E-state index in [-0.39, 0.29) is 33.5 Å². The third-order valence-electron chi connectivity index (χ3n) is 15.1. The van der Waals surface area contributed by atoms with Crippen LogP contribution in [0.15, 0.2) is 162 Å². The Morgan fingerprint density at radius 3 is 1.81 bits per heavy atom. The summed E-state index contributed by atoms with van der Waals surface area (Å²) in [4.78, 5) is 11.3. The van der Waals surface area contributed by atoms with Crippen LogP contribution in [0.5, 0.6) is 5.75 Å². The summed E-state index contributed by atoms with van der Waals surface area (Å²) in [6.07, 6.45) is 0. The summed E-state index contributed by atoms with van der Waals surface area (Å²) >= 11 is 0. The molecule has 6 heteroatoms. The first-order valence-electron chi connectivity index (χ1n) is 26.7. The molecule has 0 aliphatic rings. The van der Waals surface area contributed by atoms with Gasteiger partial charge in [-0.15, -0.1) is 0 Å². The van der Waals surface area contributed by atoms with Crippen LogP contribution in [0, 0.1) is 0 Å². The molecule has 1 N–H and O–H groups in total. The van der Waals surface area contributed by atoms with Crippen molar-refractivity contribution in [1.82, 2.24) is 19.1 Å². The zero-order valence-corrected chi connectivity index (χ0v) is 46.2. The first kappa shape index (κ1) is 49.5. The van der Waals surface area contributed by atoms with Gasteiger partial charge in [0.05, 0.1) is 38.7 Å². The van der Waals surface area contributed by atoms with Gasteiger partial charge in [-0.1, -0.05) is 173 Å². The maximum atomic E-state index is 12.7. The van der Waals surface area contributed by atoms with E-state index in [0.717, 1.165) is 106 Å². The van der Waals surface area contributed by atoms with Crippen molar-refractivity contribution in [2.75, 3.05) is 0 Å². The van der Waals surface area contributed by atoms with E-state index in [0.29, 0.717) is 11.4 Å². The zero-order valence-electron chi connectivity index (χ0n) is 46.2. The molecule has 3 heterocycles. The van der Waals surface area contributed by atoms with E-state index in [1.807, 2.05) is 6.07 Å². The number of benzene rings is 8. The van der Waals surface area contributed by atoms with Crippen molar-refractivity contribution in [1.29, 1.82) is 0 Å². The predicted octanol–water partition coefficient (Wildman–Crippen LogP) is 19.1. The average Bonchev–Trinajstić information content (AvgIpc) is 4.07. The summed E-state index contributed by atoms with van der Waals surface area (Å²) < 4.78 is 11.4. The highest BCUT2D eigenvalue weighted by molar-refractivity contribution is 6.18. The number of hydrogen-bond donors (Lipinski definition) is 1. The lowest BCUT2D eigenvalue weighted by molar-refractivity contribution is 0.413. The fraction of sp³-hybridized carbons (Fsp3) is 0.275. The lowest BCUT2D eigenvalue weighted by Gasteiger charge is -2.28. The second kappa shape index (κ2) is 17.7. The quantitative estimate of drug-likeness (QED) is 0.173. The lowest BCUT2D eigenvalue weighted by atomic mass is 9.79. The SMILES string of the molecule is CC(C)c1cc(-c2cccc3c2nc(-c2cc(C(C)(C)C)cc(C(C)(C)C)c2O)n3-c2ccc(C(C)(C)C)cc2-c2ccccc2)cc(-c2nc3ccc4oc5cc(-c6ccccc6)ccc5c4c3n2C(C)(C)C)c1. The van der Waals surface area contributed by atoms with Gasteiger partial charge in [0.15, 0.2) is 0 Å². The van der Waals surface area contributed by atoms with Crippen molar-refractivity contribution in [3.63, 3.8) is 0 Å². The van der Waals surface area contributed by atoms with Crippen LogP contribution < -0.4 is 0 Å². The van der Waals surface area contributed by atoms with Gasteiger partial charge in [0.2, 0.25) is 0 Å². The summed E-state index contributed by atoms with van der Waals surface area (Å²) in [6.45, 7) is 31.4. The van der Waals surface area contributed by atoms with Crippen LogP contribution in [0.2, 0.25) is 0 Å². The predicted molar refractivity (Wildman–Crippen MR) is 316 cm³/mol. The topological polar surface area (TPSA) is 69.0 Å². The van der Waals surface area contributed by atoms with E-state index in [1.54, 1.807) is 0 Å². The number of furan rings is 1. The number of rotatable bonds is 7. The highest BCUT2D eigenvalue weighted by Gasteiger charge is 2.31. The fourth-order valence-electron chi connectivity index (χ4n) is 11.0. The molecule has 0 atom stereocenters. The molecule has 0 saturated heterocycles. The first-order valence-corrected chi connectivity index (χ1v) is 26.7. The molecule has 8 aromatic carbocycles. The minimum atomic E-state index is -0.359. The van der Waals surface area contributed by atoms with Gasteiger partial charge in [-0.25, -0.2) is 9.97 Å². The molecule has 0 saturated carbocycles. The molecular weight excluding hydrogens is 917 g/mol. The Balaban J connectivity index is 1.19. The van der Waals surface area contributed by atoms with Gasteiger partial charge in [-0.3, -0.25) is 4.57 Å². The first-order chi connectivity index (χ1) is 35.5. The number of hydrogen-bond acceptors (Lipinski definition) is 4. The smallest absolute Gasteiger partial charge is 0.149 e. The largest absolute Gasteiger partial charge is 0.507 e. The van der Waals surface area contributed by atoms with Gasteiger partial charge in [-0.05, 0) is 143 Å². The van der Waals surface area contributed by atoms with E-state index in [1.165, 1.54) is 11.1 Å². The molecular formula is C69H70N4O2. The summed E-state index contributed by atoms with van der Waals surface area (Å²) in [5.74, 6) is 2.05. The number of aromatic nitrogens is 4. The maximum absolute atomic E-state index is 12.7. The minimum Gasteiger partial charge on any atom is -0.507 e. The van der Waals surface area contributed by atoms with E-state index in [4.69, 9.17) is 14.4 Å². The van der Waals surface area contributed by atoms with Crippen LogP contribution in [0.1, 0.15) is 125 Å². The molecule has 3 aromatic heterocycles. The number of imidazole rings is 2. The van der Waals surface area contributed by atoms with E-state index < -0.39 is 0 Å². The van der Waals surface area contributed by atoms with Crippen LogP contribution in [-0.2, 0) is 21.8 Å². The Morgan fingerprint density at radius 1 is 0.493 bits per heavy atom. The van der Waals surface area contributed by atoms with Crippen molar-refractivity contribution in [2.45, 2.75) is 125 Å². The Bertz CT molecular complexity index is 4010. The Labute approximate surface area is 442 Å². The van der Waals surface area contributed by atoms with E-state index in [2.05, 4.69) is 258 Å². The van der Waals surface area contributed by atoms with Gasteiger partial charge in [0.25, 0.3) is 0 Å². The molecule has 11 aromatic rings. The Morgan fingerprint density at radius 2 is 1.16 bits per heavy atom. The normalized spacial score (nSPS) is 12.8. The molecule has 0 spiro atoms. The summed E-state index contributed by atoms with van der Waals surface area (Å²) in [5.41, 5.74) is 18.2. The van der Waals surface area contributed by atoms with Gasteiger partial charge >= 0.3 is 0 Å². The van der Waals surface area contributed by atoms with Crippen molar-refractivity contribution < 1.29 is 9.52 Å². The van der Waals surface area contributed by atoms with E-state index >= 15 is 0 Å². The van der Waals surface area contributed by atoms with Gasteiger partial charge in [0.1, 0.15) is 28.6 Å². The molecule has 0 radical (unpaired) electrons. The monoisotopic (exact) mass is 987 g/mol. The van der Waals surface area contributed by atoms with Gasteiger partial charge in [0, 0.05) is 33.2 Å². The Kier molecular flexibility index (Phi) is 11.7. The molecule has 0 aliphatic heterocycles. The summed E-state index contributed by atoms with van der Waals surface area (Å²) in [7, 11) is 0. The van der Waals surface area contributed by atoms with E-state index in [9.17, 15) is 5.11 Å². The van der Waals surface area contributed by atoms with Crippen molar-refractivity contribution in [2.24, 2.45) is 0 Å². The number of phenolic OH excluding ortho intramolecular Hbond substituents is 1. The standard InChI is InChI=1S/C69H70N4O2/c1-41(2)45-34-46(36-47(35-45)64-70-55-31-33-58-60(62(55)73(64)69(12,13)14)51-30-28-44(37-59(51)75-58)42-22-17-15-18-23-42)50-26-21-27-57-61(50)71-65(53-39-49(67(6,7)8)40-54(63(53)74)68(9,10)11)72(57)56-32-29-48(66(3,4)5)38-52(56)43-24-19-16-20-25-43/h15-41,74H,1-14H3. The number of nitrogens with zero attached hydrogens (tertiary/aromatic N) is 4. The number of aromatic hydroxyl groups is 1. The molecule has 0 unspecified atom stereocenters. The van der Waals surface area contributed by atoms with Crippen molar-refractivity contribution in [3.8, 4) is 67.6 Å². The molecule has 75 heavy (non-hydrogen) atoms. The maximum Gasteiger partial charge on any atom is 0.149 e. The number of fused-ring (bicyclic) bond motifs is 6. The summed E-state index contributed by atoms with van der Waals surface area (Å²) in [6, 6.07) is 56.6. The lowest BCUT2D eigenvalue weighted by Crippen LogP contribution is -2.22. The Hall–Kier alpha value is -7.70. The highest BCUT2D eigenvalue weighted by Crippen LogP contribution is 2.47. The second-order valence-corrected chi connectivity index (χ2v) is 25.1. The fourth-order valence-corrected chi connectivity index (χ4v) is 11.0. The molecule has 0 amide bonds. The third kappa shape index (κ3) is 8.72. The molecule has 0 aliphatic carbocycles. The van der Waals surface area contributed by atoms with Gasteiger partial charge in [-0.2, -0.15) is 0 Å². The average molecular weight is 987 g/mol. The molecule has 0 fully saturated rings. The minimum absolute atomic E-state index is 0.0897. The zero-order chi connectivity index (χ0) is 53.1. The molecule has 378 valence electrons. The van der Waals surface area contributed by atoms with Crippen molar-refractivity contribution in [3.05, 3.63) is 180 Å².